The molecule has 0 bridgehead atoms. The minimum absolute atomic E-state index is 0.0401. The van der Waals surface area contributed by atoms with Gasteiger partial charge in [0.1, 0.15) is 5.75 Å². The number of aryl methyl sites for hydroxylation is 1. The van der Waals surface area contributed by atoms with E-state index in [2.05, 4.69) is 0 Å². The second kappa shape index (κ2) is 5.43. The number of amides is 1. The Hall–Kier alpha value is -2.70. The number of nitrogens with zero attached hydrogens (tertiary/aromatic N) is 2. The lowest BCUT2D eigenvalue weighted by Gasteiger charge is -2.45. The Kier molecular flexibility index (Phi) is 3.37. The van der Waals surface area contributed by atoms with Crippen molar-refractivity contribution in [3.05, 3.63) is 59.2 Å². The molecule has 1 amide bonds. The summed E-state index contributed by atoms with van der Waals surface area (Å²) in [6.45, 7) is 2.00. The van der Waals surface area contributed by atoms with Crippen molar-refractivity contribution in [3.63, 3.8) is 0 Å². The first-order chi connectivity index (χ1) is 13.2. The van der Waals surface area contributed by atoms with Crippen LogP contribution in [0.25, 0.3) is 0 Å². The molecule has 3 aliphatic rings. The van der Waals surface area contributed by atoms with E-state index in [-0.39, 0.29) is 6.54 Å². The van der Waals surface area contributed by atoms with Gasteiger partial charge in [0, 0.05) is 24.8 Å². The van der Waals surface area contributed by atoms with Crippen LogP contribution in [-0.2, 0) is 10.2 Å². The normalized spacial score (nSPS) is 27.6. The summed E-state index contributed by atoms with van der Waals surface area (Å²) in [6, 6.07) is 12.4. The number of rotatable bonds is 0. The second-order valence-electron chi connectivity index (χ2n) is 7.83. The Morgan fingerprint density at radius 1 is 1.21 bits per heavy atom. The van der Waals surface area contributed by atoms with Crippen molar-refractivity contribution < 1.29 is 22.7 Å². The first-order valence-electron chi connectivity index (χ1n) is 9.22. The summed E-state index contributed by atoms with van der Waals surface area (Å²) in [5.74, 6) is -1.25. The molecule has 4 nitrogen and oxygen atoms in total. The van der Waals surface area contributed by atoms with Crippen molar-refractivity contribution in [3.8, 4) is 5.75 Å². The number of carbonyl (C=O) groups is 1. The van der Waals surface area contributed by atoms with Gasteiger partial charge >= 0.3 is 12.1 Å². The molecule has 3 aliphatic heterocycles. The molecule has 2 aromatic rings. The maximum Gasteiger partial charge on any atom is 0.471 e. The molecule has 7 heteroatoms. The minimum atomic E-state index is -4.91. The third kappa shape index (κ3) is 2.04. The standard InChI is InChI=1S/C21H19F3N2O2/c1-12-7-8-15-14(11-12)20-9-10-26(18(27)21(22,23)24)17(20)13-5-3-4-6-16(13)28-19(20)25(15)2/h3-8,11,17,19H,9-10H2,1-2H3/t17-,19-,20+/m0/s1. The summed E-state index contributed by atoms with van der Waals surface area (Å²) in [7, 11) is 1.90. The fourth-order valence-electron chi connectivity index (χ4n) is 5.27. The number of hydrogen-bond acceptors (Lipinski definition) is 3. The number of likely N-dealkylation sites (tertiary alicyclic amines) is 1. The average molecular weight is 388 g/mol. The number of likely N-dealkylation sites (N-methyl/N-ethyl adjacent to an activating group) is 1. The van der Waals surface area contributed by atoms with Gasteiger partial charge < -0.3 is 14.5 Å². The van der Waals surface area contributed by atoms with Gasteiger partial charge in [-0.15, -0.1) is 0 Å². The Morgan fingerprint density at radius 2 is 1.96 bits per heavy atom. The number of para-hydroxylation sites is 1. The van der Waals surface area contributed by atoms with Gasteiger partial charge in [0.2, 0.25) is 0 Å². The Balaban J connectivity index is 1.77. The van der Waals surface area contributed by atoms with E-state index in [1.165, 1.54) is 0 Å². The van der Waals surface area contributed by atoms with Crippen LogP contribution in [0.4, 0.5) is 18.9 Å². The number of anilines is 1. The van der Waals surface area contributed by atoms with Gasteiger partial charge in [0.25, 0.3) is 0 Å². The van der Waals surface area contributed by atoms with Crippen molar-refractivity contribution in [2.24, 2.45) is 0 Å². The van der Waals surface area contributed by atoms with Crippen molar-refractivity contribution in [1.82, 2.24) is 4.90 Å². The Labute approximate surface area is 160 Å². The van der Waals surface area contributed by atoms with Crippen LogP contribution in [0, 0.1) is 6.92 Å². The smallest absolute Gasteiger partial charge is 0.469 e. The molecular formula is C21H19F3N2O2. The topological polar surface area (TPSA) is 32.8 Å². The zero-order valence-corrected chi connectivity index (χ0v) is 15.5. The molecule has 146 valence electrons. The highest BCUT2D eigenvalue weighted by Crippen LogP contribution is 2.62. The molecule has 2 aromatic carbocycles. The molecule has 0 N–H and O–H groups in total. The second-order valence-corrected chi connectivity index (χ2v) is 7.83. The van der Waals surface area contributed by atoms with E-state index in [9.17, 15) is 18.0 Å². The Bertz CT molecular complexity index is 990. The average Bonchev–Trinajstić information content (AvgIpc) is 3.16. The van der Waals surface area contributed by atoms with Crippen LogP contribution in [0.15, 0.2) is 42.5 Å². The molecule has 0 aromatic heterocycles. The van der Waals surface area contributed by atoms with E-state index >= 15 is 0 Å². The lowest BCUT2D eigenvalue weighted by molar-refractivity contribution is -0.187. The fourth-order valence-corrected chi connectivity index (χ4v) is 5.27. The van der Waals surface area contributed by atoms with Gasteiger partial charge in [0.05, 0.1) is 11.5 Å². The lowest BCUT2D eigenvalue weighted by atomic mass is 9.70. The number of halogens is 3. The van der Waals surface area contributed by atoms with Crippen LogP contribution < -0.4 is 9.64 Å². The van der Waals surface area contributed by atoms with Crippen LogP contribution in [0.3, 0.4) is 0 Å². The molecule has 3 heterocycles. The third-order valence-corrected chi connectivity index (χ3v) is 6.35. The molecule has 1 saturated heterocycles. The number of hydrogen-bond donors (Lipinski definition) is 0. The molecule has 1 spiro atoms. The summed E-state index contributed by atoms with van der Waals surface area (Å²) in [6.07, 6.45) is -4.96. The summed E-state index contributed by atoms with van der Waals surface area (Å²) in [4.78, 5) is 15.3. The maximum absolute atomic E-state index is 13.4. The quantitative estimate of drug-likeness (QED) is 0.686. The monoisotopic (exact) mass is 388 g/mol. The van der Waals surface area contributed by atoms with Crippen molar-refractivity contribution in [2.45, 2.75) is 37.2 Å². The van der Waals surface area contributed by atoms with Crippen LogP contribution in [-0.4, -0.2) is 36.8 Å². The van der Waals surface area contributed by atoms with Crippen molar-refractivity contribution >= 4 is 11.6 Å². The van der Waals surface area contributed by atoms with Crippen LogP contribution in [0.2, 0.25) is 0 Å². The summed E-state index contributed by atoms with van der Waals surface area (Å²) in [5, 5.41) is 0. The summed E-state index contributed by atoms with van der Waals surface area (Å²) in [5.41, 5.74) is 2.83. The number of alkyl halides is 3. The van der Waals surface area contributed by atoms with Gasteiger partial charge in [-0.1, -0.05) is 35.9 Å². The van der Waals surface area contributed by atoms with Crippen LogP contribution in [0.1, 0.15) is 29.2 Å². The number of ether oxygens (including phenoxy) is 1. The van der Waals surface area contributed by atoms with Crippen molar-refractivity contribution in [1.29, 1.82) is 0 Å². The van der Waals surface area contributed by atoms with E-state index in [0.29, 0.717) is 17.7 Å². The maximum atomic E-state index is 13.4. The zero-order valence-electron chi connectivity index (χ0n) is 15.5. The Morgan fingerprint density at radius 3 is 2.71 bits per heavy atom. The van der Waals surface area contributed by atoms with E-state index in [4.69, 9.17) is 4.74 Å². The molecule has 0 radical (unpaired) electrons. The first-order valence-corrected chi connectivity index (χ1v) is 9.22. The molecule has 1 fully saturated rings. The van der Waals surface area contributed by atoms with E-state index in [1.807, 2.05) is 37.1 Å². The van der Waals surface area contributed by atoms with Crippen LogP contribution in [0.5, 0.6) is 5.75 Å². The van der Waals surface area contributed by atoms with E-state index in [0.717, 1.165) is 21.7 Å². The predicted octanol–water partition coefficient (Wildman–Crippen LogP) is 3.94. The molecule has 0 unspecified atom stereocenters. The first kappa shape index (κ1) is 17.4. The van der Waals surface area contributed by atoms with Crippen molar-refractivity contribution in [2.75, 3.05) is 18.5 Å². The van der Waals surface area contributed by atoms with Gasteiger partial charge in [-0.3, -0.25) is 4.79 Å². The largest absolute Gasteiger partial charge is 0.471 e. The molecule has 0 saturated carbocycles. The van der Waals surface area contributed by atoms with E-state index in [1.54, 1.807) is 24.3 Å². The van der Waals surface area contributed by atoms with E-state index < -0.39 is 29.8 Å². The molecule has 0 aliphatic carbocycles. The summed E-state index contributed by atoms with van der Waals surface area (Å²) >= 11 is 0. The van der Waals surface area contributed by atoms with Gasteiger partial charge in [0.15, 0.2) is 6.23 Å². The molecular weight excluding hydrogens is 369 g/mol. The molecule has 28 heavy (non-hydrogen) atoms. The lowest BCUT2D eigenvalue weighted by Crippen LogP contribution is -2.54. The molecule has 5 rings (SSSR count). The third-order valence-electron chi connectivity index (χ3n) is 6.35. The predicted molar refractivity (Wildman–Crippen MR) is 97.2 cm³/mol. The van der Waals surface area contributed by atoms with Gasteiger partial charge in [-0.2, -0.15) is 13.2 Å². The summed E-state index contributed by atoms with van der Waals surface area (Å²) < 4.78 is 46.5. The van der Waals surface area contributed by atoms with Crippen LogP contribution >= 0.6 is 0 Å². The highest BCUT2D eigenvalue weighted by molar-refractivity contribution is 5.84. The van der Waals surface area contributed by atoms with Gasteiger partial charge in [-0.05, 0) is 31.0 Å². The number of carbonyl (C=O) groups excluding carboxylic acids is 1. The highest BCUT2D eigenvalue weighted by Gasteiger charge is 2.66. The zero-order chi connectivity index (χ0) is 19.8. The fraction of sp³-hybridized carbons (Fsp3) is 0.381. The SMILES string of the molecule is Cc1ccc2c(c1)[C@]13CCN(C(=O)C(F)(F)F)[C@H]1c1ccccc1O[C@@H]3N2C. The highest BCUT2D eigenvalue weighted by atomic mass is 19.4. The number of fused-ring (bicyclic) bond motifs is 3. The van der Waals surface area contributed by atoms with Gasteiger partial charge in [-0.25, -0.2) is 0 Å². The molecule has 3 atom stereocenters. The minimum Gasteiger partial charge on any atom is -0.469 e. The number of benzene rings is 2.